The van der Waals surface area contributed by atoms with Crippen molar-refractivity contribution < 1.29 is 19.1 Å². The van der Waals surface area contributed by atoms with Crippen LogP contribution in [0.2, 0.25) is 0 Å². The zero-order valence-corrected chi connectivity index (χ0v) is 9.65. The number of benzene rings is 1. The number of urea groups is 1. The lowest BCUT2D eigenvalue weighted by Crippen LogP contribution is -2.28. The standard InChI is InChI=1S/C11H14N2O4/c1-7(14)17-9-4-3-8(5-10(9)16-2)6-13-11(12)15/h3-5H,6H2,1-2H3,(H3,12,13,15). The van der Waals surface area contributed by atoms with Crippen LogP contribution in [-0.2, 0) is 11.3 Å². The normalized spacial score (nSPS) is 9.53. The monoisotopic (exact) mass is 238 g/mol. The van der Waals surface area contributed by atoms with Gasteiger partial charge in [-0.05, 0) is 17.7 Å². The van der Waals surface area contributed by atoms with Crippen LogP contribution in [0.5, 0.6) is 11.5 Å². The van der Waals surface area contributed by atoms with E-state index in [9.17, 15) is 9.59 Å². The van der Waals surface area contributed by atoms with Crippen LogP contribution in [0.3, 0.4) is 0 Å². The maximum Gasteiger partial charge on any atom is 0.312 e. The molecule has 0 spiro atoms. The Bertz CT molecular complexity index is 431. The van der Waals surface area contributed by atoms with Crippen LogP contribution in [0.4, 0.5) is 4.79 Å². The summed E-state index contributed by atoms with van der Waals surface area (Å²) < 4.78 is 10.0. The van der Waals surface area contributed by atoms with Crippen molar-refractivity contribution in [1.29, 1.82) is 0 Å². The van der Waals surface area contributed by atoms with Crippen molar-refractivity contribution >= 4 is 12.0 Å². The fourth-order valence-electron chi connectivity index (χ4n) is 1.25. The van der Waals surface area contributed by atoms with Crippen molar-refractivity contribution in [2.75, 3.05) is 7.11 Å². The van der Waals surface area contributed by atoms with Gasteiger partial charge < -0.3 is 20.5 Å². The lowest BCUT2D eigenvalue weighted by Gasteiger charge is -2.10. The van der Waals surface area contributed by atoms with Crippen molar-refractivity contribution in [1.82, 2.24) is 5.32 Å². The Balaban J connectivity index is 2.84. The summed E-state index contributed by atoms with van der Waals surface area (Å²) in [6.45, 7) is 1.59. The largest absolute Gasteiger partial charge is 0.493 e. The van der Waals surface area contributed by atoms with Gasteiger partial charge in [0.05, 0.1) is 7.11 Å². The predicted octanol–water partition coefficient (Wildman–Crippen LogP) is 0.789. The number of nitrogens with two attached hydrogens (primary N) is 1. The molecule has 0 aliphatic carbocycles. The van der Waals surface area contributed by atoms with E-state index in [4.69, 9.17) is 15.2 Å². The Morgan fingerprint density at radius 3 is 2.59 bits per heavy atom. The third-order valence-corrected chi connectivity index (χ3v) is 1.95. The molecule has 0 fully saturated rings. The summed E-state index contributed by atoms with van der Waals surface area (Å²) in [5.41, 5.74) is 5.74. The van der Waals surface area contributed by atoms with Crippen LogP contribution in [-0.4, -0.2) is 19.1 Å². The smallest absolute Gasteiger partial charge is 0.312 e. The van der Waals surface area contributed by atoms with E-state index in [0.717, 1.165) is 5.56 Å². The van der Waals surface area contributed by atoms with E-state index < -0.39 is 12.0 Å². The molecule has 92 valence electrons. The van der Waals surface area contributed by atoms with Gasteiger partial charge >= 0.3 is 12.0 Å². The molecule has 0 radical (unpaired) electrons. The third kappa shape index (κ3) is 4.02. The number of nitrogens with one attached hydrogen (secondary N) is 1. The molecule has 17 heavy (non-hydrogen) atoms. The first-order valence-corrected chi connectivity index (χ1v) is 4.91. The highest BCUT2D eigenvalue weighted by molar-refractivity contribution is 5.72. The van der Waals surface area contributed by atoms with Gasteiger partial charge in [0.1, 0.15) is 0 Å². The molecular formula is C11H14N2O4. The van der Waals surface area contributed by atoms with Crippen LogP contribution < -0.4 is 20.5 Å². The molecule has 2 amide bonds. The highest BCUT2D eigenvalue weighted by atomic mass is 16.6. The second-order valence-corrected chi connectivity index (χ2v) is 3.30. The van der Waals surface area contributed by atoms with Crippen molar-refractivity contribution in [3.63, 3.8) is 0 Å². The molecule has 0 aromatic heterocycles. The average molecular weight is 238 g/mol. The Labute approximate surface area is 98.7 Å². The number of carbonyl (C=O) groups is 2. The van der Waals surface area contributed by atoms with Crippen LogP contribution in [0.15, 0.2) is 18.2 Å². The minimum absolute atomic E-state index is 0.284. The summed E-state index contributed by atoms with van der Waals surface area (Å²) in [5, 5.41) is 2.45. The molecule has 0 heterocycles. The molecule has 6 nitrogen and oxygen atoms in total. The van der Waals surface area contributed by atoms with E-state index >= 15 is 0 Å². The lowest BCUT2D eigenvalue weighted by atomic mass is 10.2. The van der Waals surface area contributed by atoms with Gasteiger partial charge in [0.15, 0.2) is 11.5 Å². The Morgan fingerprint density at radius 2 is 2.06 bits per heavy atom. The number of amides is 2. The van der Waals surface area contributed by atoms with Gasteiger partial charge in [0.2, 0.25) is 0 Å². The molecule has 0 aliphatic heterocycles. The summed E-state index contributed by atoms with van der Waals surface area (Å²) in [6.07, 6.45) is 0. The molecule has 3 N–H and O–H groups in total. The molecule has 0 saturated carbocycles. The molecule has 1 rings (SSSR count). The summed E-state index contributed by atoms with van der Waals surface area (Å²) in [7, 11) is 1.47. The van der Waals surface area contributed by atoms with Crippen molar-refractivity contribution in [2.24, 2.45) is 5.73 Å². The van der Waals surface area contributed by atoms with Gasteiger partial charge in [0, 0.05) is 13.5 Å². The first-order valence-electron chi connectivity index (χ1n) is 4.91. The van der Waals surface area contributed by atoms with Crippen molar-refractivity contribution in [3.8, 4) is 11.5 Å². The molecule has 0 atom stereocenters. The SMILES string of the molecule is COc1cc(CNC(N)=O)ccc1OC(C)=O. The van der Waals surface area contributed by atoms with Gasteiger partial charge in [0.25, 0.3) is 0 Å². The van der Waals surface area contributed by atoms with E-state index in [2.05, 4.69) is 5.32 Å². The number of hydrogen-bond acceptors (Lipinski definition) is 4. The number of methoxy groups -OCH3 is 1. The van der Waals surface area contributed by atoms with Crippen molar-refractivity contribution in [3.05, 3.63) is 23.8 Å². The van der Waals surface area contributed by atoms with Gasteiger partial charge in [-0.3, -0.25) is 4.79 Å². The van der Waals surface area contributed by atoms with E-state index in [-0.39, 0.29) is 6.54 Å². The number of carbonyl (C=O) groups excluding carboxylic acids is 2. The fourth-order valence-corrected chi connectivity index (χ4v) is 1.25. The van der Waals surface area contributed by atoms with Gasteiger partial charge in [-0.2, -0.15) is 0 Å². The molecule has 0 bridgehead atoms. The highest BCUT2D eigenvalue weighted by Gasteiger charge is 2.08. The zero-order chi connectivity index (χ0) is 12.8. The number of primary amides is 1. The third-order valence-electron chi connectivity index (χ3n) is 1.95. The second kappa shape index (κ2) is 5.74. The number of esters is 1. The highest BCUT2D eigenvalue weighted by Crippen LogP contribution is 2.28. The van der Waals surface area contributed by atoms with Crippen LogP contribution in [0, 0.1) is 0 Å². The number of rotatable bonds is 4. The van der Waals surface area contributed by atoms with Gasteiger partial charge in [-0.25, -0.2) is 4.79 Å². The lowest BCUT2D eigenvalue weighted by molar-refractivity contribution is -0.132. The van der Waals surface area contributed by atoms with E-state index in [1.165, 1.54) is 14.0 Å². The van der Waals surface area contributed by atoms with E-state index in [1.807, 2.05) is 0 Å². The number of hydrogen-bond donors (Lipinski definition) is 2. The molecule has 6 heteroatoms. The molecule has 1 aromatic rings. The molecule has 0 saturated heterocycles. The van der Waals surface area contributed by atoms with Gasteiger partial charge in [-0.1, -0.05) is 6.07 Å². The molecule has 0 aliphatic rings. The minimum Gasteiger partial charge on any atom is -0.493 e. The minimum atomic E-state index is -0.604. The molecule has 0 unspecified atom stereocenters. The average Bonchev–Trinajstić information content (AvgIpc) is 2.26. The molecule has 1 aromatic carbocycles. The summed E-state index contributed by atoms with van der Waals surface area (Å²) >= 11 is 0. The van der Waals surface area contributed by atoms with Crippen molar-refractivity contribution in [2.45, 2.75) is 13.5 Å². The predicted molar refractivity (Wildman–Crippen MR) is 60.7 cm³/mol. The topological polar surface area (TPSA) is 90.7 Å². The van der Waals surface area contributed by atoms with E-state index in [0.29, 0.717) is 11.5 Å². The summed E-state index contributed by atoms with van der Waals surface area (Å²) in [6, 6.07) is 4.36. The number of ether oxygens (including phenoxy) is 2. The maximum absolute atomic E-state index is 10.8. The Kier molecular flexibility index (Phi) is 4.33. The Morgan fingerprint density at radius 1 is 1.35 bits per heavy atom. The van der Waals surface area contributed by atoms with Crippen LogP contribution in [0.25, 0.3) is 0 Å². The van der Waals surface area contributed by atoms with Crippen LogP contribution in [0.1, 0.15) is 12.5 Å². The Hall–Kier alpha value is -2.24. The van der Waals surface area contributed by atoms with E-state index in [1.54, 1.807) is 18.2 Å². The van der Waals surface area contributed by atoms with Crippen LogP contribution >= 0.6 is 0 Å². The summed E-state index contributed by atoms with van der Waals surface area (Å²) in [5.74, 6) is 0.332. The molecular weight excluding hydrogens is 224 g/mol. The second-order valence-electron chi connectivity index (χ2n) is 3.30. The summed E-state index contributed by atoms with van der Waals surface area (Å²) in [4.78, 5) is 21.4. The fraction of sp³-hybridized carbons (Fsp3) is 0.273. The maximum atomic E-state index is 10.8. The zero-order valence-electron chi connectivity index (χ0n) is 9.65. The quantitative estimate of drug-likeness (QED) is 0.599. The first-order chi connectivity index (χ1) is 8.02. The van der Waals surface area contributed by atoms with Gasteiger partial charge in [-0.15, -0.1) is 0 Å². The first kappa shape index (κ1) is 12.8.